The number of aromatic amines is 1. The highest BCUT2D eigenvalue weighted by molar-refractivity contribution is 5.87. The van der Waals surface area contributed by atoms with Crippen molar-refractivity contribution >= 4 is 5.82 Å². The fourth-order valence-electron chi connectivity index (χ4n) is 4.24. The van der Waals surface area contributed by atoms with Gasteiger partial charge in [-0.05, 0) is 38.8 Å². The molecule has 3 aromatic rings. The molecule has 0 radical (unpaired) electrons. The average Bonchev–Trinajstić information content (AvgIpc) is 3.14. The molecule has 0 atom stereocenters. The lowest BCUT2D eigenvalue weighted by molar-refractivity contribution is -0.0153. The second kappa shape index (κ2) is 8.44. The van der Waals surface area contributed by atoms with E-state index in [9.17, 15) is 9.90 Å². The zero-order chi connectivity index (χ0) is 21.1. The van der Waals surface area contributed by atoms with Crippen molar-refractivity contribution in [1.82, 2.24) is 20.0 Å². The monoisotopic (exact) mass is 407 g/mol. The summed E-state index contributed by atoms with van der Waals surface area (Å²) in [6, 6.07) is 11.4. The first-order valence-electron chi connectivity index (χ1n) is 10.7. The van der Waals surface area contributed by atoms with Gasteiger partial charge < -0.3 is 10.4 Å². The van der Waals surface area contributed by atoms with Crippen LogP contribution in [0.4, 0.5) is 5.82 Å². The molecule has 1 aromatic carbocycles. The molecule has 0 aliphatic heterocycles. The van der Waals surface area contributed by atoms with Crippen molar-refractivity contribution in [1.29, 1.82) is 0 Å². The van der Waals surface area contributed by atoms with Gasteiger partial charge in [-0.15, -0.1) is 0 Å². The second-order valence-corrected chi connectivity index (χ2v) is 8.22. The Morgan fingerprint density at radius 1 is 1.20 bits per heavy atom. The van der Waals surface area contributed by atoms with Gasteiger partial charge in [0.05, 0.1) is 23.4 Å². The molecule has 7 nitrogen and oxygen atoms in total. The number of rotatable bonds is 6. The number of benzene rings is 1. The fraction of sp³-hybridized carbons (Fsp3) is 0.435. The topological polar surface area (TPSA) is 95.8 Å². The van der Waals surface area contributed by atoms with Crippen LogP contribution < -0.4 is 10.9 Å². The van der Waals surface area contributed by atoms with Gasteiger partial charge in [0.15, 0.2) is 0 Å². The SMILES string of the molecule is CCNc1[nH]nc(-c2cccc(C)c2)c1-c1ccc(=O)n(CC2(O)CCCCC2)n1. The lowest BCUT2D eigenvalue weighted by Gasteiger charge is -2.32. The van der Waals surface area contributed by atoms with E-state index in [0.717, 1.165) is 54.0 Å². The third-order valence-electron chi connectivity index (χ3n) is 5.76. The minimum absolute atomic E-state index is 0.205. The average molecular weight is 408 g/mol. The molecule has 30 heavy (non-hydrogen) atoms. The molecule has 1 aliphatic rings. The maximum atomic E-state index is 12.5. The van der Waals surface area contributed by atoms with Crippen LogP contribution in [-0.4, -0.2) is 37.2 Å². The Hall–Kier alpha value is -2.93. The van der Waals surface area contributed by atoms with E-state index in [1.54, 1.807) is 6.07 Å². The molecule has 1 saturated carbocycles. The quantitative estimate of drug-likeness (QED) is 0.579. The zero-order valence-corrected chi connectivity index (χ0v) is 17.6. The number of nitrogens with zero attached hydrogens (tertiary/aromatic N) is 3. The normalized spacial score (nSPS) is 15.8. The maximum Gasteiger partial charge on any atom is 0.266 e. The van der Waals surface area contributed by atoms with Crippen molar-refractivity contribution in [3.05, 3.63) is 52.3 Å². The van der Waals surface area contributed by atoms with E-state index in [1.807, 2.05) is 32.0 Å². The summed E-state index contributed by atoms with van der Waals surface area (Å²) in [5.74, 6) is 0.767. The lowest BCUT2D eigenvalue weighted by Crippen LogP contribution is -2.40. The highest BCUT2D eigenvalue weighted by Gasteiger charge is 2.30. The number of hydrogen-bond donors (Lipinski definition) is 3. The van der Waals surface area contributed by atoms with Gasteiger partial charge in [0.25, 0.3) is 5.56 Å². The first-order valence-corrected chi connectivity index (χ1v) is 10.7. The molecule has 1 fully saturated rings. The van der Waals surface area contributed by atoms with Crippen LogP contribution in [0.5, 0.6) is 0 Å². The van der Waals surface area contributed by atoms with Gasteiger partial charge in [0, 0.05) is 18.2 Å². The fourth-order valence-corrected chi connectivity index (χ4v) is 4.24. The van der Waals surface area contributed by atoms with Crippen LogP contribution in [0, 0.1) is 6.92 Å². The van der Waals surface area contributed by atoms with Crippen LogP contribution in [0.1, 0.15) is 44.6 Å². The van der Waals surface area contributed by atoms with Gasteiger partial charge in [-0.25, -0.2) is 4.68 Å². The van der Waals surface area contributed by atoms with E-state index in [4.69, 9.17) is 0 Å². The zero-order valence-electron chi connectivity index (χ0n) is 17.6. The number of aryl methyl sites for hydroxylation is 1. The van der Waals surface area contributed by atoms with E-state index in [1.165, 1.54) is 10.7 Å². The Labute approximate surface area is 176 Å². The van der Waals surface area contributed by atoms with Crippen molar-refractivity contribution in [3.8, 4) is 22.5 Å². The Kier molecular flexibility index (Phi) is 5.72. The van der Waals surface area contributed by atoms with Crippen LogP contribution in [0.15, 0.2) is 41.2 Å². The maximum absolute atomic E-state index is 12.5. The Morgan fingerprint density at radius 3 is 2.73 bits per heavy atom. The summed E-state index contributed by atoms with van der Waals surface area (Å²) in [6.45, 7) is 5.00. The van der Waals surface area contributed by atoms with Crippen molar-refractivity contribution < 1.29 is 5.11 Å². The Morgan fingerprint density at radius 2 is 2.00 bits per heavy atom. The number of anilines is 1. The molecule has 3 N–H and O–H groups in total. The highest BCUT2D eigenvalue weighted by atomic mass is 16.3. The summed E-state index contributed by atoms with van der Waals surface area (Å²) in [6.07, 6.45) is 4.50. The Bertz CT molecular complexity index is 1080. The first-order chi connectivity index (χ1) is 14.5. The molecule has 2 heterocycles. The summed E-state index contributed by atoms with van der Waals surface area (Å²) in [5.41, 5.74) is 3.31. The summed E-state index contributed by atoms with van der Waals surface area (Å²) < 4.78 is 1.41. The van der Waals surface area contributed by atoms with Gasteiger partial charge in [0.2, 0.25) is 0 Å². The predicted octanol–water partition coefficient (Wildman–Crippen LogP) is 3.74. The number of hydrogen-bond acceptors (Lipinski definition) is 5. The molecule has 0 bridgehead atoms. The van der Waals surface area contributed by atoms with Gasteiger partial charge in [0.1, 0.15) is 11.5 Å². The van der Waals surface area contributed by atoms with Crippen LogP contribution in [0.3, 0.4) is 0 Å². The first kappa shape index (κ1) is 20.3. The number of nitrogens with one attached hydrogen (secondary N) is 2. The van der Waals surface area contributed by atoms with E-state index >= 15 is 0 Å². The molecule has 0 amide bonds. The largest absolute Gasteiger partial charge is 0.388 e. The lowest BCUT2D eigenvalue weighted by atomic mass is 9.85. The van der Waals surface area contributed by atoms with Gasteiger partial charge >= 0.3 is 0 Å². The summed E-state index contributed by atoms with van der Waals surface area (Å²) >= 11 is 0. The standard InChI is InChI=1S/C23H29N5O2/c1-3-24-22-20(21(25-26-22)17-9-7-8-16(2)14-17)18-10-11-19(29)28(27-18)15-23(30)12-5-4-6-13-23/h7-11,14,30H,3-6,12-13,15H2,1-2H3,(H2,24,25,26). The van der Waals surface area contributed by atoms with Crippen molar-refractivity contribution in [3.63, 3.8) is 0 Å². The molecule has 0 saturated heterocycles. The van der Waals surface area contributed by atoms with E-state index in [2.05, 4.69) is 26.7 Å². The van der Waals surface area contributed by atoms with E-state index < -0.39 is 5.60 Å². The molecule has 4 rings (SSSR count). The Balaban J connectivity index is 1.78. The second-order valence-electron chi connectivity index (χ2n) is 8.22. The molecule has 1 aliphatic carbocycles. The molecule has 2 aromatic heterocycles. The third kappa shape index (κ3) is 4.16. The number of aromatic nitrogens is 4. The predicted molar refractivity (Wildman–Crippen MR) is 118 cm³/mol. The van der Waals surface area contributed by atoms with Crippen LogP contribution >= 0.6 is 0 Å². The highest BCUT2D eigenvalue weighted by Crippen LogP contribution is 2.35. The minimum Gasteiger partial charge on any atom is -0.388 e. The molecule has 7 heteroatoms. The summed E-state index contributed by atoms with van der Waals surface area (Å²) in [5, 5.41) is 26.5. The molecular formula is C23H29N5O2. The summed E-state index contributed by atoms with van der Waals surface area (Å²) in [7, 11) is 0. The molecule has 0 spiro atoms. The van der Waals surface area contributed by atoms with Gasteiger partial charge in [-0.2, -0.15) is 10.2 Å². The van der Waals surface area contributed by atoms with Crippen LogP contribution in [-0.2, 0) is 6.54 Å². The van der Waals surface area contributed by atoms with Gasteiger partial charge in [-0.1, -0.05) is 43.0 Å². The van der Waals surface area contributed by atoms with Crippen molar-refractivity contribution in [2.45, 2.75) is 58.1 Å². The van der Waals surface area contributed by atoms with Crippen LogP contribution in [0.25, 0.3) is 22.5 Å². The van der Waals surface area contributed by atoms with Crippen LogP contribution in [0.2, 0.25) is 0 Å². The van der Waals surface area contributed by atoms with Crippen molar-refractivity contribution in [2.24, 2.45) is 0 Å². The number of aliphatic hydroxyl groups is 1. The molecule has 158 valence electrons. The smallest absolute Gasteiger partial charge is 0.266 e. The number of H-pyrrole nitrogens is 1. The van der Waals surface area contributed by atoms with Gasteiger partial charge in [-0.3, -0.25) is 9.89 Å². The minimum atomic E-state index is -0.867. The van der Waals surface area contributed by atoms with E-state index in [-0.39, 0.29) is 12.1 Å². The van der Waals surface area contributed by atoms with Crippen molar-refractivity contribution in [2.75, 3.05) is 11.9 Å². The summed E-state index contributed by atoms with van der Waals surface area (Å²) in [4.78, 5) is 12.5. The third-order valence-corrected chi connectivity index (χ3v) is 5.76. The molecular weight excluding hydrogens is 378 g/mol. The van der Waals surface area contributed by atoms with E-state index in [0.29, 0.717) is 18.5 Å². The molecule has 0 unspecified atom stereocenters.